The first-order valence-corrected chi connectivity index (χ1v) is 9.96. The highest BCUT2D eigenvalue weighted by atomic mass is 16.6. The monoisotopic (exact) mass is 425 g/mol. The van der Waals surface area contributed by atoms with E-state index in [9.17, 15) is 14.4 Å². The Balaban J connectivity index is 1.76. The zero-order valence-corrected chi connectivity index (χ0v) is 18.4. The van der Waals surface area contributed by atoms with E-state index >= 15 is 0 Å². The number of carbonyl (C=O) groups is 3. The molecule has 3 rings (SSSR count). The molecule has 0 aromatic heterocycles. The Morgan fingerprint density at radius 2 is 1.71 bits per heavy atom. The summed E-state index contributed by atoms with van der Waals surface area (Å²) in [6.07, 6.45) is -0.616. The Bertz CT molecular complexity index is 1030. The third-order valence-electron chi connectivity index (χ3n) is 4.64. The first kappa shape index (κ1) is 22.1. The van der Waals surface area contributed by atoms with Crippen molar-refractivity contribution in [1.82, 2.24) is 0 Å². The van der Waals surface area contributed by atoms with Gasteiger partial charge in [-0.15, -0.1) is 0 Å². The van der Waals surface area contributed by atoms with E-state index in [4.69, 9.17) is 9.47 Å². The number of ether oxygens (including phenoxy) is 2. The van der Waals surface area contributed by atoms with E-state index in [0.717, 1.165) is 11.1 Å². The van der Waals surface area contributed by atoms with Crippen LogP contribution in [-0.4, -0.2) is 36.7 Å². The smallest absolute Gasteiger partial charge is 0.412 e. The van der Waals surface area contributed by atoms with Crippen LogP contribution >= 0.6 is 0 Å². The van der Waals surface area contributed by atoms with Crippen molar-refractivity contribution < 1.29 is 23.9 Å². The lowest BCUT2D eigenvalue weighted by molar-refractivity contribution is -0.123. The molecule has 2 aromatic rings. The summed E-state index contributed by atoms with van der Waals surface area (Å²) in [5, 5.41) is 5.45. The molecule has 164 valence electrons. The van der Waals surface area contributed by atoms with Gasteiger partial charge in [-0.05, 0) is 76.1 Å². The number of amides is 3. The fourth-order valence-electron chi connectivity index (χ4n) is 3.04. The molecular formula is C23H27N3O5. The van der Waals surface area contributed by atoms with E-state index in [0.29, 0.717) is 22.8 Å². The first-order valence-electron chi connectivity index (χ1n) is 9.96. The number of hydrogen-bond donors (Lipinski definition) is 2. The zero-order valence-electron chi connectivity index (χ0n) is 18.4. The number of anilines is 3. The highest BCUT2D eigenvalue weighted by Gasteiger charge is 2.28. The summed E-state index contributed by atoms with van der Waals surface area (Å²) in [4.78, 5) is 38.5. The molecule has 0 bridgehead atoms. The third kappa shape index (κ3) is 5.75. The molecule has 2 N–H and O–H groups in total. The summed E-state index contributed by atoms with van der Waals surface area (Å²) in [6, 6.07) is 10.5. The number of carbonyl (C=O) groups excluding carboxylic acids is 3. The number of nitrogens with one attached hydrogen (secondary N) is 2. The van der Waals surface area contributed by atoms with Crippen LogP contribution in [0, 0.1) is 13.8 Å². The molecule has 2 aromatic carbocycles. The fraction of sp³-hybridized carbons (Fsp3) is 0.348. The van der Waals surface area contributed by atoms with Crippen molar-refractivity contribution in [3.05, 3.63) is 47.5 Å². The number of rotatable bonds is 4. The first-order chi connectivity index (χ1) is 14.5. The summed E-state index contributed by atoms with van der Waals surface area (Å²) in [6.45, 7) is 8.91. The molecule has 1 heterocycles. The van der Waals surface area contributed by atoms with Crippen LogP contribution in [0.15, 0.2) is 36.4 Å². The van der Waals surface area contributed by atoms with Gasteiger partial charge in [0.1, 0.15) is 17.9 Å². The quantitative estimate of drug-likeness (QED) is 0.771. The molecule has 1 aliphatic rings. The van der Waals surface area contributed by atoms with Crippen LogP contribution in [0.5, 0.6) is 5.75 Å². The maximum atomic E-state index is 12.6. The Kier molecular flexibility index (Phi) is 6.19. The van der Waals surface area contributed by atoms with E-state index in [1.807, 2.05) is 32.0 Å². The predicted octanol–water partition coefficient (Wildman–Crippen LogP) is 4.01. The van der Waals surface area contributed by atoms with Gasteiger partial charge in [-0.3, -0.25) is 19.8 Å². The molecule has 8 heteroatoms. The summed E-state index contributed by atoms with van der Waals surface area (Å²) in [5.41, 5.74) is 3.03. The van der Waals surface area contributed by atoms with Gasteiger partial charge in [-0.25, -0.2) is 4.79 Å². The molecule has 3 amide bonds. The molecule has 0 fully saturated rings. The number of nitrogens with zero attached hydrogens (tertiary/aromatic N) is 1. The highest BCUT2D eigenvalue weighted by molar-refractivity contribution is 6.05. The van der Waals surface area contributed by atoms with Crippen molar-refractivity contribution in [2.45, 2.75) is 40.2 Å². The Morgan fingerprint density at radius 1 is 1.03 bits per heavy atom. The van der Waals surface area contributed by atoms with Gasteiger partial charge in [-0.1, -0.05) is 6.07 Å². The number of benzene rings is 2. The van der Waals surface area contributed by atoms with Gasteiger partial charge < -0.3 is 14.8 Å². The molecular weight excluding hydrogens is 398 g/mol. The summed E-state index contributed by atoms with van der Waals surface area (Å²) in [7, 11) is 0. The topological polar surface area (TPSA) is 97.0 Å². The van der Waals surface area contributed by atoms with Crippen LogP contribution in [0.1, 0.15) is 31.9 Å². The zero-order chi connectivity index (χ0) is 22.8. The van der Waals surface area contributed by atoms with Crippen LogP contribution < -0.4 is 20.3 Å². The maximum Gasteiger partial charge on any atom is 0.412 e. The Morgan fingerprint density at radius 3 is 2.39 bits per heavy atom. The van der Waals surface area contributed by atoms with E-state index in [-0.39, 0.29) is 25.0 Å². The molecule has 31 heavy (non-hydrogen) atoms. The van der Waals surface area contributed by atoms with Gasteiger partial charge in [-0.2, -0.15) is 0 Å². The summed E-state index contributed by atoms with van der Waals surface area (Å²) >= 11 is 0. The lowest BCUT2D eigenvalue weighted by Gasteiger charge is -2.29. The summed E-state index contributed by atoms with van der Waals surface area (Å²) < 4.78 is 10.7. The highest BCUT2D eigenvalue weighted by Crippen LogP contribution is 2.34. The Hall–Kier alpha value is -3.55. The molecule has 0 saturated carbocycles. The van der Waals surface area contributed by atoms with Gasteiger partial charge in [0.2, 0.25) is 5.91 Å². The van der Waals surface area contributed by atoms with Crippen molar-refractivity contribution in [2.75, 3.05) is 28.7 Å². The fourth-order valence-corrected chi connectivity index (χ4v) is 3.04. The Labute approximate surface area is 181 Å². The molecule has 8 nitrogen and oxygen atoms in total. The van der Waals surface area contributed by atoms with Crippen LogP contribution in [0.2, 0.25) is 0 Å². The van der Waals surface area contributed by atoms with Crippen LogP contribution in [0.4, 0.5) is 21.9 Å². The average Bonchev–Trinajstić information content (AvgIpc) is 2.65. The van der Waals surface area contributed by atoms with Crippen molar-refractivity contribution in [3.8, 4) is 5.75 Å². The SMILES string of the molecule is Cc1ccc(NC(=O)CN2C(=O)COc3ccc(NC(=O)OC(C)(C)C)cc32)cc1C. The average molecular weight is 425 g/mol. The minimum atomic E-state index is -0.643. The standard InChI is InChI=1S/C23H27N3O5/c1-14-6-7-16(10-15(14)2)24-20(27)12-26-18-11-17(25-22(29)31-23(3,4)5)8-9-19(18)30-13-21(26)28/h6-11H,12-13H2,1-5H3,(H,24,27)(H,25,29). The van der Waals surface area contributed by atoms with Crippen LogP contribution in [0.3, 0.4) is 0 Å². The minimum Gasteiger partial charge on any atom is -0.482 e. The van der Waals surface area contributed by atoms with Gasteiger partial charge >= 0.3 is 6.09 Å². The van der Waals surface area contributed by atoms with Gasteiger partial charge in [0.15, 0.2) is 6.61 Å². The molecule has 1 aliphatic heterocycles. The molecule has 0 radical (unpaired) electrons. The molecule has 0 atom stereocenters. The van der Waals surface area contributed by atoms with E-state index in [1.54, 1.807) is 39.0 Å². The minimum absolute atomic E-state index is 0.164. The number of fused-ring (bicyclic) bond motifs is 1. The van der Waals surface area contributed by atoms with Crippen LogP contribution in [-0.2, 0) is 14.3 Å². The van der Waals surface area contributed by atoms with Gasteiger partial charge in [0.25, 0.3) is 5.91 Å². The number of aryl methyl sites for hydroxylation is 2. The van der Waals surface area contributed by atoms with E-state index < -0.39 is 11.7 Å². The molecule has 0 aliphatic carbocycles. The van der Waals surface area contributed by atoms with Gasteiger partial charge in [0, 0.05) is 11.4 Å². The largest absolute Gasteiger partial charge is 0.482 e. The lowest BCUT2D eigenvalue weighted by Crippen LogP contribution is -2.43. The number of hydrogen-bond acceptors (Lipinski definition) is 5. The summed E-state index contributed by atoms with van der Waals surface area (Å²) in [5.74, 6) is -0.236. The third-order valence-corrected chi connectivity index (χ3v) is 4.64. The van der Waals surface area contributed by atoms with E-state index in [1.165, 1.54) is 4.90 Å². The van der Waals surface area contributed by atoms with Gasteiger partial charge in [0.05, 0.1) is 5.69 Å². The normalized spacial score (nSPS) is 13.2. The van der Waals surface area contributed by atoms with E-state index in [2.05, 4.69) is 10.6 Å². The van der Waals surface area contributed by atoms with Crippen molar-refractivity contribution in [1.29, 1.82) is 0 Å². The van der Waals surface area contributed by atoms with Crippen molar-refractivity contribution in [2.24, 2.45) is 0 Å². The molecule has 0 saturated heterocycles. The maximum absolute atomic E-state index is 12.6. The second-order valence-electron chi connectivity index (χ2n) is 8.43. The van der Waals surface area contributed by atoms with Crippen molar-refractivity contribution in [3.63, 3.8) is 0 Å². The lowest BCUT2D eigenvalue weighted by atomic mass is 10.1. The second-order valence-corrected chi connectivity index (χ2v) is 8.43. The predicted molar refractivity (Wildman–Crippen MR) is 119 cm³/mol. The molecule has 0 unspecified atom stereocenters. The van der Waals surface area contributed by atoms with Crippen molar-refractivity contribution >= 4 is 35.0 Å². The second kappa shape index (κ2) is 8.67. The van der Waals surface area contributed by atoms with Crippen LogP contribution in [0.25, 0.3) is 0 Å². The molecule has 0 spiro atoms.